The first-order valence-electron chi connectivity index (χ1n) is 6.99. The first kappa shape index (κ1) is 18.6. The highest BCUT2D eigenvalue weighted by molar-refractivity contribution is 7.13. The van der Waals surface area contributed by atoms with Gasteiger partial charge in [0.15, 0.2) is 0 Å². The number of anilines is 1. The second-order valence-electron chi connectivity index (χ2n) is 4.76. The minimum Gasteiger partial charge on any atom is -0.406 e. The number of benzene rings is 1. The number of hydrogen-bond donors (Lipinski definition) is 2. The van der Waals surface area contributed by atoms with Gasteiger partial charge in [0.05, 0.1) is 0 Å². The third-order valence-corrected chi connectivity index (χ3v) is 3.44. The van der Waals surface area contributed by atoms with Crippen LogP contribution in [0, 0.1) is 0 Å². The Kier molecular flexibility index (Phi) is 6.28. The lowest BCUT2D eigenvalue weighted by atomic mass is 10.2. The lowest BCUT2D eigenvalue weighted by Crippen LogP contribution is -2.24. The van der Waals surface area contributed by atoms with Gasteiger partial charge < -0.3 is 15.4 Å². The highest BCUT2D eigenvalue weighted by Crippen LogP contribution is 2.22. The van der Waals surface area contributed by atoms with Crippen molar-refractivity contribution in [3.05, 3.63) is 35.3 Å². The molecule has 0 fully saturated rings. The van der Waals surface area contributed by atoms with E-state index in [-0.39, 0.29) is 37.0 Å². The molecule has 0 atom stereocenters. The van der Waals surface area contributed by atoms with E-state index in [4.69, 9.17) is 0 Å². The van der Waals surface area contributed by atoms with Crippen LogP contribution < -0.4 is 15.4 Å². The van der Waals surface area contributed by atoms with Crippen LogP contribution in [0.5, 0.6) is 5.75 Å². The van der Waals surface area contributed by atoms with Crippen molar-refractivity contribution < 1.29 is 27.5 Å². The van der Waals surface area contributed by atoms with Crippen LogP contribution in [0.4, 0.5) is 18.3 Å². The number of alkyl halides is 3. The molecule has 2 aromatic rings. The summed E-state index contributed by atoms with van der Waals surface area (Å²) in [7, 11) is 0. The summed E-state index contributed by atoms with van der Waals surface area (Å²) in [4.78, 5) is 23.3. The summed E-state index contributed by atoms with van der Waals surface area (Å²) < 4.78 is 39.9. The minimum absolute atomic E-state index is 0.0240. The van der Waals surface area contributed by atoms with E-state index in [0.29, 0.717) is 10.7 Å². The van der Waals surface area contributed by atoms with E-state index in [9.17, 15) is 22.8 Å². The first-order chi connectivity index (χ1) is 11.8. The molecular weight excluding hydrogens is 361 g/mol. The molecule has 0 radical (unpaired) electrons. The molecule has 0 aliphatic carbocycles. The zero-order valence-corrected chi connectivity index (χ0v) is 13.5. The Morgan fingerprint density at radius 1 is 1.12 bits per heavy atom. The van der Waals surface area contributed by atoms with E-state index in [1.165, 1.54) is 17.6 Å². The third kappa shape index (κ3) is 7.16. The number of halogens is 3. The molecule has 1 heterocycles. The van der Waals surface area contributed by atoms with Crippen LogP contribution in [0.3, 0.4) is 0 Å². The molecule has 11 heteroatoms. The second kappa shape index (κ2) is 8.42. The van der Waals surface area contributed by atoms with Crippen molar-refractivity contribution in [3.63, 3.8) is 0 Å². The van der Waals surface area contributed by atoms with Gasteiger partial charge in [-0.3, -0.25) is 9.59 Å². The molecule has 0 unspecified atom stereocenters. The van der Waals surface area contributed by atoms with Crippen LogP contribution >= 0.6 is 11.3 Å². The van der Waals surface area contributed by atoms with Crippen molar-refractivity contribution in [1.29, 1.82) is 0 Å². The van der Waals surface area contributed by atoms with E-state index in [1.54, 1.807) is 0 Å². The maximum Gasteiger partial charge on any atom is 0.573 e. The van der Waals surface area contributed by atoms with Gasteiger partial charge in [0.25, 0.3) is 0 Å². The van der Waals surface area contributed by atoms with Gasteiger partial charge in [0.1, 0.15) is 11.3 Å². The second-order valence-corrected chi connectivity index (χ2v) is 5.59. The molecule has 2 N–H and O–H groups in total. The van der Waals surface area contributed by atoms with Crippen molar-refractivity contribution in [3.8, 4) is 5.75 Å². The summed E-state index contributed by atoms with van der Waals surface area (Å²) in [6.45, 7) is 0.128. The Morgan fingerprint density at radius 3 is 2.40 bits per heavy atom. The van der Waals surface area contributed by atoms with E-state index in [2.05, 4.69) is 25.6 Å². The fraction of sp³-hybridized carbons (Fsp3) is 0.286. The third-order valence-electron chi connectivity index (χ3n) is 2.83. The SMILES string of the molecule is O=C(CCC(=O)Nc1nncs1)NCc1ccc(OC(F)(F)F)cc1. The van der Waals surface area contributed by atoms with E-state index in [0.717, 1.165) is 23.5 Å². The fourth-order valence-electron chi connectivity index (χ4n) is 1.73. The number of aromatic nitrogens is 2. The van der Waals surface area contributed by atoms with E-state index >= 15 is 0 Å². The smallest absolute Gasteiger partial charge is 0.406 e. The van der Waals surface area contributed by atoms with Crippen LogP contribution in [-0.4, -0.2) is 28.4 Å². The normalized spacial score (nSPS) is 11.0. The van der Waals surface area contributed by atoms with E-state index < -0.39 is 6.36 Å². The molecule has 2 rings (SSSR count). The molecule has 25 heavy (non-hydrogen) atoms. The molecule has 0 spiro atoms. The Balaban J connectivity index is 1.70. The average Bonchev–Trinajstić information content (AvgIpc) is 3.03. The van der Waals surface area contributed by atoms with Gasteiger partial charge in [0.2, 0.25) is 16.9 Å². The number of hydrogen-bond acceptors (Lipinski definition) is 6. The minimum atomic E-state index is -4.75. The fourth-order valence-corrected chi connectivity index (χ4v) is 2.20. The number of rotatable bonds is 7. The molecule has 134 valence electrons. The summed E-state index contributed by atoms with van der Waals surface area (Å²) in [5.74, 6) is -1.06. The number of nitrogens with one attached hydrogen (secondary N) is 2. The molecular formula is C14H13F3N4O3S. The predicted octanol–water partition coefficient (Wildman–Crippen LogP) is 2.47. The monoisotopic (exact) mass is 374 g/mol. The summed E-state index contributed by atoms with van der Waals surface area (Å²) >= 11 is 1.16. The van der Waals surface area contributed by atoms with Crippen LogP contribution in [0.15, 0.2) is 29.8 Å². The van der Waals surface area contributed by atoms with E-state index in [1.807, 2.05) is 0 Å². The number of nitrogens with zero attached hydrogens (tertiary/aromatic N) is 2. The Bertz CT molecular complexity index is 705. The summed E-state index contributed by atoms with van der Waals surface area (Å²) in [6, 6.07) is 5.13. The topological polar surface area (TPSA) is 93.2 Å². The van der Waals surface area contributed by atoms with Gasteiger partial charge in [-0.2, -0.15) is 0 Å². The molecule has 1 aromatic heterocycles. The maximum atomic E-state index is 12.0. The van der Waals surface area contributed by atoms with Gasteiger partial charge in [-0.15, -0.1) is 23.4 Å². The molecule has 2 amide bonds. The molecule has 0 saturated heterocycles. The molecule has 7 nitrogen and oxygen atoms in total. The molecule has 0 aliphatic rings. The Morgan fingerprint density at radius 2 is 1.80 bits per heavy atom. The molecule has 0 saturated carbocycles. The zero-order valence-electron chi connectivity index (χ0n) is 12.7. The number of carbonyl (C=O) groups is 2. The van der Waals surface area contributed by atoms with Gasteiger partial charge in [-0.05, 0) is 17.7 Å². The van der Waals surface area contributed by atoms with Gasteiger partial charge >= 0.3 is 6.36 Å². The number of carbonyl (C=O) groups excluding carboxylic acids is 2. The largest absolute Gasteiger partial charge is 0.573 e. The number of ether oxygens (including phenoxy) is 1. The maximum absolute atomic E-state index is 12.0. The summed E-state index contributed by atoms with van der Waals surface area (Å²) in [5, 5.41) is 12.6. The van der Waals surface area contributed by atoms with Crippen LogP contribution in [0.1, 0.15) is 18.4 Å². The van der Waals surface area contributed by atoms with Gasteiger partial charge in [-0.1, -0.05) is 23.5 Å². The average molecular weight is 374 g/mol. The van der Waals surface area contributed by atoms with Crippen LogP contribution in [0.25, 0.3) is 0 Å². The van der Waals surface area contributed by atoms with Crippen molar-refractivity contribution in [2.75, 3.05) is 5.32 Å². The van der Waals surface area contributed by atoms with Crippen molar-refractivity contribution in [2.45, 2.75) is 25.7 Å². The highest BCUT2D eigenvalue weighted by atomic mass is 32.1. The van der Waals surface area contributed by atoms with Crippen molar-refractivity contribution >= 4 is 28.3 Å². The zero-order chi connectivity index (χ0) is 18.3. The molecule has 0 bridgehead atoms. The van der Waals surface area contributed by atoms with Gasteiger partial charge in [-0.25, -0.2) is 0 Å². The Hall–Kier alpha value is -2.69. The van der Waals surface area contributed by atoms with Crippen molar-refractivity contribution in [2.24, 2.45) is 0 Å². The summed E-state index contributed by atoms with van der Waals surface area (Å²) in [5.41, 5.74) is 2.06. The van der Waals surface area contributed by atoms with Crippen molar-refractivity contribution in [1.82, 2.24) is 15.5 Å². The lowest BCUT2D eigenvalue weighted by Gasteiger charge is -2.09. The summed E-state index contributed by atoms with van der Waals surface area (Å²) in [6.07, 6.45) is -4.80. The lowest BCUT2D eigenvalue weighted by molar-refractivity contribution is -0.274. The van der Waals surface area contributed by atoms with Crippen LogP contribution in [-0.2, 0) is 16.1 Å². The first-order valence-corrected chi connectivity index (χ1v) is 7.87. The van der Waals surface area contributed by atoms with Crippen LogP contribution in [0.2, 0.25) is 0 Å². The standard InChI is InChI=1S/C14H13F3N4O3S/c15-14(16,17)24-10-3-1-9(2-4-10)7-18-11(22)5-6-12(23)20-13-21-19-8-25-13/h1-4,8H,5-7H2,(H,18,22)(H,20,21,23). The molecule has 0 aliphatic heterocycles. The predicted molar refractivity (Wildman–Crippen MR) is 82.7 cm³/mol. The number of amides is 2. The Labute approximate surface area is 144 Å². The molecule has 1 aromatic carbocycles. The van der Waals surface area contributed by atoms with Gasteiger partial charge in [0, 0.05) is 19.4 Å². The highest BCUT2D eigenvalue weighted by Gasteiger charge is 2.30. The quantitative estimate of drug-likeness (QED) is 0.777.